The first-order valence-electron chi connectivity index (χ1n) is 8.42. The van der Waals surface area contributed by atoms with E-state index in [0.29, 0.717) is 11.3 Å². The summed E-state index contributed by atoms with van der Waals surface area (Å²) in [5, 5.41) is 0. The van der Waals surface area contributed by atoms with Gasteiger partial charge >= 0.3 is 5.97 Å². The van der Waals surface area contributed by atoms with Crippen molar-refractivity contribution in [1.82, 2.24) is 0 Å². The molecular formula is C22H19FO4. The third kappa shape index (κ3) is 4.85. The lowest BCUT2D eigenvalue weighted by atomic mass is 10.1. The molecule has 0 fully saturated rings. The molecule has 0 aromatic heterocycles. The van der Waals surface area contributed by atoms with Crippen LogP contribution in [-0.2, 0) is 16.1 Å². The molecule has 0 aliphatic heterocycles. The highest BCUT2D eigenvalue weighted by Gasteiger charge is 2.10. The van der Waals surface area contributed by atoms with Crippen LogP contribution >= 0.6 is 0 Å². The van der Waals surface area contributed by atoms with Crippen molar-refractivity contribution in [3.8, 4) is 22.6 Å². The highest BCUT2D eigenvalue weighted by atomic mass is 19.1. The number of benzene rings is 3. The largest absolute Gasteiger partial charge is 0.494 e. The maximum Gasteiger partial charge on any atom is 0.344 e. The van der Waals surface area contributed by atoms with E-state index in [1.54, 1.807) is 12.1 Å². The molecule has 0 radical (unpaired) electrons. The minimum atomic E-state index is -0.533. The topological polar surface area (TPSA) is 44.8 Å². The van der Waals surface area contributed by atoms with E-state index in [9.17, 15) is 9.18 Å². The fraction of sp³-hybridized carbons (Fsp3) is 0.136. The fourth-order valence-electron chi connectivity index (χ4n) is 2.59. The van der Waals surface area contributed by atoms with Gasteiger partial charge in [0.1, 0.15) is 12.4 Å². The zero-order valence-corrected chi connectivity index (χ0v) is 14.9. The summed E-state index contributed by atoms with van der Waals surface area (Å²) in [6, 6.07) is 21.6. The third-order valence-corrected chi connectivity index (χ3v) is 3.93. The van der Waals surface area contributed by atoms with Crippen molar-refractivity contribution in [2.45, 2.75) is 6.61 Å². The van der Waals surface area contributed by atoms with Gasteiger partial charge < -0.3 is 14.2 Å². The highest BCUT2D eigenvalue weighted by molar-refractivity contribution is 5.73. The number of hydrogen-bond donors (Lipinski definition) is 0. The van der Waals surface area contributed by atoms with Gasteiger partial charge in [0.15, 0.2) is 18.2 Å². The SMILES string of the molecule is COc1ccc(COC(=O)COc2ccccc2-c2ccccc2)cc1F. The number of methoxy groups -OCH3 is 1. The highest BCUT2D eigenvalue weighted by Crippen LogP contribution is 2.29. The summed E-state index contributed by atoms with van der Waals surface area (Å²) in [7, 11) is 1.39. The van der Waals surface area contributed by atoms with Crippen molar-refractivity contribution < 1.29 is 23.4 Å². The quantitative estimate of drug-likeness (QED) is 0.572. The molecule has 0 aliphatic rings. The van der Waals surface area contributed by atoms with Crippen molar-refractivity contribution >= 4 is 5.97 Å². The standard InChI is InChI=1S/C22H19FO4/c1-25-21-12-11-16(13-19(21)23)14-27-22(24)15-26-20-10-6-5-9-18(20)17-7-3-2-4-8-17/h2-13H,14-15H2,1H3. The molecule has 138 valence electrons. The Morgan fingerprint density at radius 2 is 1.67 bits per heavy atom. The van der Waals surface area contributed by atoms with E-state index in [1.165, 1.54) is 19.2 Å². The number of hydrogen-bond acceptors (Lipinski definition) is 4. The van der Waals surface area contributed by atoms with Gasteiger partial charge in [0.25, 0.3) is 0 Å². The van der Waals surface area contributed by atoms with E-state index in [4.69, 9.17) is 14.2 Å². The Kier molecular flexibility index (Phi) is 6.05. The van der Waals surface area contributed by atoms with Crippen LogP contribution in [0.25, 0.3) is 11.1 Å². The van der Waals surface area contributed by atoms with Gasteiger partial charge in [-0.2, -0.15) is 0 Å². The first-order chi connectivity index (χ1) is 13.2. The summed E-state index contributed by atoms with van der Waals surface area (Å²) in [4.78, 5) is 12.0. The number of para-hydroxylation sites is 1. The van der Waals surface area contributed by atoms with Crippen LogP contribution in [0.4, 0.5) is 4.39 Å². The van der Waals surface area contributed by atoms with E-state index in [2.05, 4.69) is 0 Å². The molecular weight excluding hydrogens is 347 g/mol. The summed E-state index contributed by atoms with van der Waals surface area (Å²) >= 11 is 0. The molecule has 0 atom stereocenters. The van der Waals surface area contributed by atoms with Gasteiger partial charge in [-0.3, -0.25) is 0 Å². The minimum absolute atomic E-state index is 0.0383. The normalized spacial score (nSPS) is 10.3. The second kappa shape index (κ2) is 8.85. The van der Waals surface area contributed by atoms with E-state index < -0.39 is 11.8 Å². The fourth-order valence-corrected chi connectivity index (χ4v) is 2.59. The first kappa shape index (κ1) is 18.5. The second-order valence-electron chi connectivity index (χ2n) is 5.78. The van der Waals surface area contributed by atoms with Gasteiger partial charge in [0.2, 0.25) is 0 Å². The molecule has 0 spiro atoms. The van der Waals surface area contributed by atoms with Crippen LogP contribution in [0, 0.1) is 5.82 Å². The van der Waals surface area contributed by atoms with E-state index in [-0.39, 0.29) is 19.0 Å². The van der Waals surface area contributed by atoms with Crippen LogP contribution in [0.5, 0.6) is 11.5 Å². The monoisotopic (exact) mass is 366 g/mol. The van der Waals surface area contributed by atoms with Crippen LogP contribution in [0.15, 0.2) is 72.8 Å². The van der Waals surface area contributed by atoms with Gasteiger partial charge in [0, 0.05) is 5.56 Å². The summed E-state index contributed by atoms with van der Waals surface area (Å²) in [5.41, 5.74) is 2.42. The Labute approximate surface area is 157 Å². The van der Waals surface area contributed by atoms with Crippen molar-refractivity contribution in [1.29, 1.82) is 0 Å². The zero-order valence-electron chi connectivity index (χ0n) is 14.9. The number of halogens is 1. The Morgan fingerprint density at radius 3 is 2.41 bits per heavy atom. The van der Waals surface area contributed by atoms with Crippen molar-refractivity contribution in [3.63, 3.8) is 0 Å². The number of esters is 1. The molecule has 0 saturated heterocycles. The van der Waals surface area contributed by atoms with Gasteiger partial charge in [-0.15, -0.1) is 0 Å². The molecule has 0 amide bonds. The van der Waals surface area contributed by atoms with E-state index in [0.717, 1.165) is 11.1 Å². The molecule has 3 aromatic carbocycles. The Balaban J connectivity index is 1.58. The minimum Gasteiger partial charge on any atom is -0.494 e. The predicted molar refractivity (Wildman–Crippen MR) is 100 cm³/mol. The van der Waals surface area contributed by atoms with E-state index in [1.807, 2.05) is 48.5 Å². The van der Waals surface area contributed by atoms with Crippen LogP contribution in [0.3, 0.4) is 0 Å². The lowest BCUT2D eigenvalue weighted by Crippen LogP contribution is -2.15. The lowest BCUT2D eigenvalue weighted by Gasteiger charge is -2.11. The average Bonchev–Trinajstić information content (AvgIpc) is 2.71. The van der Waals surface area contributed by atoms with Crippen LogP contribution in [-0.4, -0.2) is 19.7 Å². The molecule has 5 heteroatoms. The molecule has 0 unspecified atom stereocenters. The average molecular weight is 366 g/mol. The van der Waals surface area contributed by atoms with Crippen LogP contribution < -0.4 is 9.47 Å². The molecule has 0 bridgehead atoms. The van der Waals surface area contributed by atoms with Gasteiger partial charge in [0.05, 0.1) is 7.11 Å². The Bertz CT molecular complexity index is 909. The number of carbonyl (C=O) groups is 1. The molecule has 3 rings (SSSR count). The number of carbonyl (C=O) groups excluding carboxylic acids is 1. The molecule has 0 aliphatic carbocycles. The third-order valence-electron chi connectivity index (χ3n) is 3.93. The summed E-state index contributed by atoms with van der Waals surface area (Å²) < 4.78 is 29.3. The number of rotatable bonds is 7. The van der Waals surface area contributed by atoms with Gasteiger partial charge in [-0.25, -0.2) is 9.18 Å². The Morgan fingerprint density at radius 1 is 0.926 bits per heavy atom. The smallest absolute Gasteiger partial charge is 0.344 e. The zero-order chi connectivity index (χ0) is 19.1. The summed E-state index contributed by atoms with van der Waals surface area (Å²) in [5.74, 6) is -0.296. The van der Waals surface area contributed by atoms with Crippen molar-refractivity contribution in [2.24, 2.45) is 0 Å². The summed E-state index contributed by atoms with van der Waals surface area (Å²) in [6.07, 6.45) is 0. The first-order valence-corrected chi connectivity index (χ1v) is 8.42. The molecule has 4 nitrogen and oxygen atoms in total. The maximum atomic E-state index is 13.7. The molecule has 27 heavy (non-hydrogen) atoms. The van der Waals surface area contributed by atoms with Crippen LogP contribution in [0.1, 0.15) is 5.56 Å². The number of ether oxygens (including phenoxy) is 3. The predicted octanol–water partition coefficient (Wildman–Crippen LogP) is 4.62. The van der Waals surface area contributed by atoms with Crippen LogP contribution in [0.2, 0.25) is 0 Å². The molecule has 0 N–H and O–H groups in total. The lowest BCUT2D eigenvalue weighted by molar-refractivity contribution is -0.147. The molecule has 0 heterocycles. The summed E-state index contributed by atoms with van der Waals surface area (Å²) in [6.45, 7) is -0.272. The van der Waals surface area contributed by atoms with Crippen molar-refractivity contribution in [2.75, 3.05) is 13.7 Å². The maximum absolute atomic E-state index is 13.7. The molecule has 3 aromatic rings. The Hall–Kier alpha value is -3.34. The second-order valence-corrected chi connectivity index (χ2v) is 5.78. The van der Waals surface area contributed by atoms with E-state index >= 15 is 0 Å². The molecule has 0 saturated carbocycles. The van der Waals surface area contributed by atoms with Gasteiger partial charge in [-0.1, -0.05) is 54.6 Å². The van der Waals surface area contributed by atoms with Crippen molar-refractivity contribution in [3.05, 3.63) is 84.2 Å². The van der Waals surface area contributed by atoms with Gasteiger partial charge in [-0.05, 0) is 29.3 Å².